The van der Waals surface area contributed by atoms with Crippen LogP contribution in [0.2, 0.25) is 0 Å². The summed E-state index contributed by atoms with van der Waals surface area (Å²) in [6, 6.07) is 17.6. The number of rotatable bonds is 4. The fraction of sp³-hybridized carbons (Fsp3) is 0.429. The van der Waals surface area contributed by atoms with Gasteiger partial charge in [0.2, 0.25) is 0 Å². The zero-order valence-corrected chi connectivity index (χ0v) is 14.9. The molecule has 0 aliphatic carbocycles. The van der Waals surface area contributed by atoms with Crippen molar-refractivity contribution in [3.05, 3.63) is 65.2 Å². The van der Waals surface area contributed by atoms with E-state index >= 15 is 0 Å². The van der Waals surface area contributed by atoms with Gasteiger partial charge in [-0.15, -0.1) is 0 Å². The average molecular weight is 295 g/mol. The molecular weight excluding hydrogens is 266 g/mol. The van der Waals surface area contributed by atoms with Gasteiger partial charge in [0.1, 0.15) is 0 Å². The van der Waals surface area contributed by atoms with Gasteiger partial charge in [0.15, 0.2) is 0 Å². The predicted octanol–water partition coefficient (Wildman–Crippen LogP) is 5.49. The van der Waals surface area contributed by atoms with Crippen LogP contribution in [0.25, 0.3) is 0 Å². The Morgan fingerprint density at radius 2 is 1.55 bits per heavy atom. The first-order chi connectivity index (χ1) is 10.3. The van der Waals surface area contributed by atoms with Crippen molar-refractivity contribution in [2.24, 2.45) is 5.41 Å². The molecule has 22 heavy (non-hydrogen) atoms. The fourth-order valence-electron chi connectivity index (χ4n) is 2.77. The molecule has 2 aromatic rings. The molecule has 1 atom stereocenters. The topological polar surface area (TPSA) is 3.24 Å². The van der Waals surface area contributed by atoms with Crippen LogP contribution < -0.4 is 4.90 Å². The lowest BCUT2D eigenvalue weighted by atomic mass is 9.76. The van der Waals surface area contributed by atoms with Crippen LogP contribution >= 0.6 is 0 Å². The zero-order valence-electron chi connectivity index (χ0n) is 14.9. The van der Waals surface area contributed by atoms with E-state index in [0.29, 0.717) is 5.92 Å². The highest BCUT2D eigenvalue weighted by atomic mass is 15.1. The van der Waals surface area contributed by atoms with Crippen molar-refractivity contribution >= 4 is 5.69 Å². The average Bonchev–Trinajstić information content (AvgIpc) is 2.46. The second-order valence-electron chi connectivity index (χ2n) is 7.54. The summed E-state index contributed by atoms with van der Waals surface area (Å²) in [7, 11) is 4.26. The van der Waals surface area contributed by atoms with Crippen molar-refractivity contribution in [1.82, 2.24) is 0 Å². The minimum absolute atomic E-state index is 0.260. The summed E-state index contributed by atoms with van der Waals surface area (Å²) in [6.07, 6.45) is 0.998. The molecule has 2 rings (SSSR count). The Labute approximate surface area is 136 Å². The smallest absolute Gasteiger partial charge is 0.0396 e. The van der Waals surface area contributed by atoms with Crippen LogP contribution in [0.5, 0.6) is 0 Å². The summed E-state index contributed by atoms with van der Waals surface area (Å²) in [5, 5.41) is 0. The van der Waals surface area contributed by atoms with Crippen LogP contribution in [-0.2, 0) is 6.42 Å². The third kappa shape index (κ3) is 3.91. The standard InChI is InChI=1S/C21H29N/c1-16(21(2,3)4)19-15-18(12-13-20(19)22(5)6)14-17-10-8-7-9-11-17/h7-13,15-16H,14H2,1-6H3. The molecule has 118 valence electrons. The second kappa shape index (κ2) is 6.56. The van der Waals surface area contributed by atoms with E-state index in [-0.39, 0.29) is 5.41 Å². The van der Waals surface area contributed by atoms with Crippen LogP contribution in [0, 0.1) is 5.41 Å². The van der Waals surface area contributed by atoms with Gasteiger partial charge in [-0.1, -0.05) is 70.2 Å². The molecule has 0 aliphatic rings. The number of nitrogens with zero attached hydrogens (tertiary/aromatic N) is 1. The lowest BCUT2D eigenvalue weighted by Gasteiger charge is -2.31. The number of benzene rings is 2. The molecule has 1 nitrogen and oxygen atoms in total. The lowest BCUT2D eigenvalue weighted by molar-refractivity contribution is 0.340. The van der Waals surface area contributed by atoms with Crippen LogP contribution in [0.15, 0.2) is 48.5 Å². The Hall–Kier alpha value is -1.76. The summed E-state index contributed by atoms with van der Waals surface area (Å²) in [4.78, 5) is 2.23. The highest BCUT2D eigenvalue weighted by Crippen LogP contribution is 2.39. The number of anilines is 1. The van der Waals surface area contributed by atoms with E-state index in [2.05, 4.69) is 95.2 Å². The molecule has 0 radical (unpaired) electrons. The summed E-state index contributed by atoms with van der Waals surface area (Å²) >= 11 is 0. The third-order valence-corrected chi connectivity index (χ3v) is 4.59. The first-order valence-electron chi connectivity index (χ1n) is 8.13. The monoisotopic (exact) mass is 295 g/mol. The molecule has 0 spiro atoms. The van der Waals surface area contributed by atoms with Gasteiger partial charge in [0.05, 0.1) is 0 Å². The van der Waals surface area contributed by atoms with Crippen LogP contribution in [0.4, 0.5) is 5.69 Å². The molecule has 2 aromatic carbocycles. The Morgan fingerprint density at radius 1 is 0.909 bits per heavy atom. The Bertz CT molecular complexity index is 606. The molecule has 0 heterocycles. The van der Waals surface area contributed by atoms with E-state index < -0.39 is 0 Å². The Morgan fingerprint density at radius 3 is 2.09 bits per heavy atom. The van der Waals surface area contributed by atoms with Gasteiger partial charge in [-0.05, 0) is 40.5 Å². The van der Waals surface area contributed by atoms with Crippen molar-refractivity contribution in [3.63, 3.8) is 0 Å². The molecule has 0 amide bonds. The fourth-order valence-corrected chi connectivity index (χ4v) is 2.77. The maximum atomic E-state index is 2.40. The van der Waals surface area contributed by atoms with Gasteiger partial charge in [-0.3, -0.25) is 0 Å². The van der Waals surface area contributed by atoms with Gasteiger partial charge in [-0.2, -0.15) is 0 Å². The van der Waals surface area contributed by atoms with Crippen molar-refractivity contribution in [1.29, 1.82) is 0 Å². The maximum Gasteiger partial charge on any atom is 0.0396 e. The Kier molecular flexibility index (Phi) is 4.95. The largest absolute Gasteiger partial charge is 0.377 e. The molecule has 0 N–H and O–H groups in total. The van der Waals surface area contributed by atoms with Gasteiger partial charge < -0.3 is 4.90 Å². The van der Waals surface area contributed by atoms with Crippen LogP contribution in [-0.4, -0.2) is 14.1 Å². The van der Waals surface area contributed by atoms with Crippen LogP contribution in [0.1, 0.15) is 50.3 Å². The van der Waals surface area contributed by atoms with Gasteiger partial charge in [0, 0.05) is 19.8 Å². The molecule has 0 aliphatic heterocycles. The van der Waals surface area contributed by atoms with Crippen molar-refractivity contribution in [3.8, 4) is 0 Å². The van der Waals surface area contributed by atoms with Gasteiger partial charge >= 0.3 is 0 Å². The van der Waals surface area contributed by atoms with E-state index in [1.165, 1.54) is 22.4 Å². The molecule has 0 saturated heterocycles. The lowest BCUT2D eigenvalue weighted by Crippen LogP contribution is -2.20. The van der Waals surface area contributed by atoms with Gasteiger partial charge in [-0.25, -0.2) is 0 Å². The zero-order chi connectivity index (χ0) is 16.3. The molecule has 0 aromatic heterocycles. The molecule has 1 unspecified atom stereocenters. The highest BCUT2D eigenvalue weighted by Gasteiger charge is 2.24. The van der Waals surface area contributed by atoms with Gasteiger partial charge in [0.25, 0.3) is 0 Å². The molecule has 1 heteroatoms. The normalized spacial score (nSPS) is 13.0. The molecule has 0 fully saturated rings. The summed E-state index contributed by atoms with van der Waals surface area (Å²) in [6.45, 7) is 9.30. The van der Waals surface area contributed by atoms with Crippen molar-refractivity contribution in [2.45, 2.75) is 40.0 Å². The summed E-state index contributed by atoms with van der Waals surface area (Å²) in [5.41, 5.74) is 5.80. The van der Waals surface area contributed by atoms with E-state index in [4.69, 9.17) is 0 Å². The van der Waals surface area contributed by atoms with E-state index in [1.54, 1.807) is 0 Å². The summed E-state index contributed by atoms with van der Waals surface area (Å²) < 4.78 is 0. The highest BCUT2D eigenvalue weighted by molar-refractivity contribution is 5.56. The first kappa shape index (κ1) is 16.6. The number of hydrogen-bond acceptors (Lipinski definition) is 1. The van der Waals surface area contributed by atoms with Crippen LogP contribution in [0.3, 0.4) is 0 Å². The minimum Gasteiger partial charge on any atom is -0.377 e. The van der Waals surface area contributed by atoms with E-state index in [9.17, 15) is 0 Å². The third-order valence-electron chi connectivity index (χ3n) is 4.59. The number of hydrogen-bond donors (Lipinski definition) is 0. The van der Waals surface area contributed by atoms with Crippen molar-refractivity contribution in [2.75, 3.05) is 19.0 Å². The van der Waals surface area contributed by atoms with Crippen molar-refractivity contribution < 1.29 is 0 Å². The molecular formula is C21H29N. The first-order valence-corrected chi connectivity index (χ1v) is 8.13. The second-order valence-corrected chi connectivity index (χ2v) is 7.54. The van der Waals surface area contributed by atoms with E-state index in [0.717, 1.165) is 6.42 Å². The molecule has 0 saturated carbocycles. The Balaban J connectivity index is 2.39. The maximum absolute atomic E-state index is 2.40. The molecule has 0 bridgehead atoms. The quantitative estimate of drug-likeness (QED) is 0.720. The minimum atomic E-state index is 0.260. The van der Waals surface area contributed by atoms with E-state index in [1.807, 2.05) is 0 Å². The predicted molar refractivity (Wildman–Crippen MR) is 97.9 cm³/mol. The summed E-state index contributed by atoms with van der Waals surface area (Å²) in [5.74, 6) is 0.514. The SMILES string of the molecule is CC(c1cc(Cc2ccccc2)ccc1N(C)C)C(C)(C)C.